The highest BCUT2D eigenvalue weighted by atomic mass is 19.1. The Kier molecular flexibility index (Phi) is 4.81. The molecule has 1 amide bonds. The molecule has 2 rings (SSSR count). The number of hydrogen-bond donors (Lipinski definition) is 2. The lowest BCUT2D eigenvalue weighted by molar-refractivity contribution is -0.162. The Hall–Kier alpha value is -1.95. The van der Waals surface area contributed by atoms with Crippen LogP contribution in [0.3, 0.4) is 0 Å². The average molecular weight is 309 g/mol. The van der Waals surface area contributed by atoms with Gasteiger partial charge in [0.2, 0.25) is 5.91 Å². The molecule has 0 spiro atoms. The van der Waals surface area contributed by atoms with E-state index in [9.17, 15) is 19.1 Å². The topological polar surface area (TPSA) is 75.6 Å². The van der Waals surface area contributed by atoms with Crippen LogP contribution in [0.2, 0.25) is 0 Å². The second-order valence-corrected chi connectivity index (χ2v) is 5.70. The first-order valence-electron chi connectivity index (χ1n) is 7.25. The van der Waals surface area contributed by atoms with Crippen LogP contribution >= 0.6 is 0 Å². The normalized spacial score (nSPS) is 18.5. The maximum absolute atomic E-state index is 13.3. The van der Waals surface area contributed by atoms with E-state index in [1.54, 1.807) is 26.0 Å². The molecule has 5 nitrogen and oxygen atoms in total. The van der Waals surface area contributed by atoms with Gasteiger partial charge in [0.1, 0.15) is 5.82 Å². The largest absolute Gasteiger partial charge is 0.480 e. The van der Waals surface area contributed by atoms with Gasteiger partial charge in [0.25, 0.3) is 0 Å². The molecule has 2 N–H and O–H groups in total. The Morgan fingerprint density at radius 1 is 1.36 bits per heavy atom. The fraction of sp³-hybridized carbons (Fsp3) is 0.500. The van der Waals surface area contributed by atoms with Gasteiger partial charge in [-0.15, -0.1) is 0 Å². The first kappa shape index (κ1) is 16.4. The number of ether oxygens (including phenoxy) is 1. The van der Waals surface area contributed by atoms with E-state index in [0.717, 1.165) is 5.56 Å². The molecule has 0 bridgehead atoms. The van der Waals surface area contributed by atoms with Gasteiger partial charge in [0.15, 0.2) is 5.41 Å². The van der Waals surface area contributed by atoms with E-state index in [-0.39, 0.29) is 31.9 Å². The second-order valence-electron chi connectivity index (χ2n) is 5.70. The number of aliphatic carboxylic acids is 1. The molecule has 1 fully saturated rings. The number of carboxylic acid groups (broad SMARTS) is 1. The molecular weight excluding hydrogens is 289 g/mol. The van der Waals surface area contributed by atoms with Gasteiger partial charge < -0.3 is 15.2 Å². The van der Waals surface area contributed by atoms with Crippen LogP contribution in [-0.4, -0.2) is 30.2 Å². The number of halogens is 1. The summed E-state index contributed by atoms with van der Waals surface area (Å²) in [5, 5.41) is 12.2. The van der Waals surface area contributed by atoms with Gasteiger partial charge in [-0.25, -0.2) is 4.39 Å². The molecule has 0 aliphatic carbocycles. The number of hydrogen-bond acceptors (Lipinski definition) is 3. The van der Waals surface area contributed by atoms with Crippen molar-refractivity contribution < 1.29 is 23.8 Å². The highest BCUT2D eigenvalue weighted by Crippen LogP contribution is 2.32. The smallest absolute Gasteiger partial charge is 0.319 e. The fourth-order valence-corrected chi connectivity index (χ4v) is 2.61. The number of rotatable bonds is 4. The van der Waals surface area contributed by atoms with E-state index in [1.807, 2.05) is 0 Å². The molecule has 0 saturated carbocycles. The second kappa shape index (κ2) is 6.44. The lowest BCUT2D eigenvalue weighted by Crippen LogP contribution is -2.50. The molecule has 0 radical (unpaired) electrons. The van der Waals surface area contributed by atoms with Crippen molar-refractivity contribution in [1.29, 1.82) is 0 Å². The van der Waals surface area contributed by atoms with Crippen molar-refractivity contribution in [3.05, 3.63) is 35.1 Å². The van der Waals surface area contributed by atoms with Crippen molar-refractivity contribution in [3.63, 3.8) is 0 Å². The Balaban J connectivity index is 2.15. The van der Waals surface area contributed by atoms with Crippen LogP contribution in [-0.2, 0) is 14.3 Å². The third-order valence-electron chi connectivity index (χ3n) is 4.22. The summed E-state index contributed by atoms with van der Waals surface area (Å²) >= 11 is 0. The third-order valence-corrected chi connectivity index (χ3v) is 4.22. The van der Waals surface area contributed by atoms with Gasteiger partial charge >= 0.3 is 5.97 Å². The van der Waals surface area contributed by atoms with Crippen LogP contribution < -0.4 is 5.32 Å². The predicted octanol–water partition coefficient (Wildman–Crippen LogP) is 2.19. The van der Waals surface area contributed by atoms with E-state index in [4.69, 9.17) is 4.74 Å². The lowest BCUT2D eigenvalue weighted by Gasteiger charge is -2.32. The molecule has 1 aromatic carbocycles. The molecule has 1 heterocycles. The number of carbonyl (C=O) groups is 2. The fourth-order valence-electron chi connectivity index (χ4n) is 2.61. The van der Waals surface area contributed by atoms with Crippen molar-refractivity contribution in [2.45, 2.75) is 32.7 Å². The van der Waals surface area contributed by atoms with Gasteiger partial charge in [-0.3, -0.25) is 9.59 Å². The van der Waals surface area contributed by atoms with E-state index >= 15 is 0 Å². The van der Waals surface area contributed by atoms with E-state index in [1.165, 1.54) is 6.07 Å². The molecular formula is C16H20FNO4. The molecule has 0 unspecified atom stereocenters. The summed E-state index contributed by atoms with van der Waals surface area (Å²) in [4.78, 5) is 24.0. The van der Waals surface area contributed by atoms with Gasteiger partial charge in [-0.05, 0) is 43.9 Å². The Labute approximate surface area is 128 Å². The summed E-state index contributed by atoms with van der Waals surface area (Å²) in [6.07, 6.45) is 0.312. The molecule has 1 aromatic rings. The van der Waals surface area contributed by atoms with E-state index in [0.29, 0.717) is 5.56 Å². The molecule has 1 aliphatic rings. The number of benzene rings is 1. The van der Waals surface area contributed by atoms with Gasteiger partial charge in [-0.1, -0.05) is 12.1 Å². The SMILES string of the molecule is Cc1cc([C@@H](C)NC(=O)C2(C(=O)O)CCOCC2)ccc1F. The maximum Gasteiger partial charge on any atom is 0.319 e. The standard InChI is InChI=1S/C16H20FNO4/c1-10-9-12(3-4-13(10)17)11(2)18-14(19)16(15(20)21)5-7-22-8-6-16/h3-4,9,11H,5-8H2,1-2H3,(H,18,19)(H,20,21)/t11-/m1/s1. The third kappa shape index (κ3) is 3.11. The Bertz CT molecular complexity index is 582. The summed E-state index contributed by atoms with van der Waals surface area (Å²) in [5.74, 6) is -1.96. The Morgan fingerprint density at radius 3 is 2.55 bits per heavy atom. The minimum Gasteiger partial charge on any atom is -0.480 e. The molecule has 6 heteroatoms. The summed E-state index contributed by atoms with van der Waals surface area (Å²) in [6.45, 7) is 3.90. The van der Waals surface area contributed by atoms with E-state index < -0.39 is 23.3 Å². The first-order valence-corrected chi connectivity index (χ1v) is 7.25. The van der Waals surface area contributed by atoms with Crippen LogP contribution in [0.4, 0.5) is 4.39 Å². The van der Waals surface area contributed by atoms with E-state index in [2.05, 4.69) is 5.32 Å². The predicted molar refractivity (Wildman–Crippen MR) is 77.8 cm³/mol. The van der Waals surface area contributed by atoms with Crippen molar-refractivity contribution in [3.8, 4) is 0 Å². The highest BCUT2D eigenvalue weighted by molar-refractivity contribution is 6.02. The summed E-state index contributed by atoms with van der Waals surface area (Å²) < 4.78 is 18.5. The van der Waals surface area contributed by atoms with Crippen molar-refractivity contribution >= 4 is 11.9 Å². The average Bonchev–Trinajstić information content (AvgIpc) is 2.50. The van der Waals surface area contributed by atoms with Crippen LogP contribution in [0.5, 0.6) is 0 Å². The van der Waals surface area contributed by atoms with Crippen molar-refractivity contribution in [2.24, 2.45) is 5.41 Å². The summed E-state index contributed by atoms with van der Waals surface area (Å²) in [5.41, 5.74) is -0.223. The zero-order chi connectivity index (χ0) is 16.3. The molecule has 120 valence electrons. The van der Waals surface area contributed by atoms with Gasteiger partial charge in [0, 0.05) is 13.2 Å². The minimum atomic E-state index is -1.44. The Morgan fingerprint density at radius 2 is 2.00 bits per heavy atom. The minimum absolute atomic E-state index is 0.156. The quantitative estimate of drug-likeness (QED) is 0.836. The van der Waals surface area contributed by atoms with Crippen molar-refractivity contribution in [2.75, 3.05) is 13.2 Å². The maximum atomic E-state index is 13.3. The van der Waals surface area contributed by atoms with Crippen LogP contribution in [0.15, 0.2) is 18.2 Å². The molecule has 1 saturated heterocycles. The lowest BCUT2D eigenvalue weighted by atomic mass is 9.79. The molecule has 22 heavy (non-hydrogen) atoms. The van der Waals surface area contributed by atoms with Crippen molar-refractivity contribution in [1.82, 2.24) is 5.32 Å². The number of nitrogens with one attached hydrogen (secondary N) is 1. The molecule has 1 aliphatic heterocycles. The monoisotopic (exact) mass is 309 g/mol. The zero-order valence-electron chi connectivity index (χ0n) is 12.7. The summed E-state index contributed by atoms with van der Waals surface area (Å²) in [7, 11) is 0. The van der Waals surface area contributed by atoms with Crippen LogP contribution in [0.25, 0.3) is 0 Å². The van der Waals surface area contributed by atoms with Gasteiger partial charge in [-0.2, -0.15) is 0 Å². The first-order chi connectivity index (χ1) is 10.4. The molecule has 1 atom stereocenters. The number of aryl methyl sites for hydroxylation is 1. The molecule has 0 aromatic heterocycles. The van der Waals surface area contributed by atoms with Crippen LogP contribution in [0, 0.1) is 18.2 Å². The summed E-state index contributed by atoms with van der Waals surface area (Å²) in [6, 6.07) is 4.18. The number of carbonyl (C=O) groups excluding carboxylic acids is 1. The highest BCUT2D eigenvalue weighted by Gasteiger charge is 2.47. The zero-order valence-corrected chi connectivity index (χ0v) is 12.7. The van der Waals surface area contributed by atoms with Crippen LogP contribution in [0.1, 0.15) is 36.9 Å². The number of amides is 1. The number of carboxylic acids is 1. The van der Waals surface area contributed by atoms with Gasteiger partial charge in [0.05, 0.1) is 6.04 Å².